The summed E-state index contributed by atoms with van der Waals surface area (Å²) in [6, 6.07) is 15.0. The monoisotopic (exact) mass is 433 g/mol. The summed E-state index contributed by atoms with van der Waals surface area (Å²) >= 11 is 0. The van der Waals surface area contributed by atoms with Crippen molar-refractivity contribution < 1.29 is 14.0 Å². The van der Waals surface area contributed by atoms with E-state index in [1.807, 2.05) is 24.3 Å². The molecule has 0 bridgehead atoms. The van der Waals surface area contributed by atoms with Crippen molar-refractivity contribution >= 4 is 28.5 Å². The molecule has 2 aromatic heterocycles. The fourth-order valence-electron chi connectivity index (χ4n) is 3.20. The Morgan fingerprint density at radius 1 is 1.09 bits per heavy atom. The fraction of sp³-hybridized carbons (Fsp3) is 0.130. The first-order chi connectivity index (χ1) is 15.4. The lowest BCUT2D eigenvalue weighted by Crippen LogP contribution is -2.31. The number of nitrogens with one attached hydrogen (secondary N) is 3. The maximum Gasteiger partial charge on any atom is 0.253 e. The number of anilines is 1. The van der Waals surface area contributed by atoms with E-state index >= 15 is 0 Å². The van der Waals surface area contributed by atoms with E-state index in [2.05, 4.69) is 20.6 Å². The summed E-state index contributed by atoms with van der Waals surface area (Å²) in [5, 5.41) is 5.42. The molecule has 0 aliphatic rings. The second-order valence-electron chi connectivity index (χ2n) is 7.27. The average Bonchev–Trinajstić information content (AvgIpc) is 3.21. The maximum absolute atomic E-state index is 13.0. The van der Waals surface area contributed by atoms with Gasteiger partial charge in [0.05, 0.1) is 22.6 Å². The molecule has 2 aromatic carbocycles. The van der Waals surface area contributed by atoms with Crippen LogP contribution < -0.4 is 16.2 Å². The van der Waals surface area contributed by atoms with Crippen molar-refractivity contribution in [2.24, 2.45) is 0 Å². The number of pyridine rings is 1. The molecule has 0 aliphatic carbocycles. The van der Waals surface area contributed by atoms with Gasteiger partial charge in [-0.1, -0.05) is 12.1 Å². The van der Waals surface area contributed by atoms with E-state index < -0.39 is 29.2 Å². The minimum Gasteiger partial charge on any atom is -0.342 e. The smallest absolute Gasteiger partial charge is 0.253 e. The predicted molar refractivity (Wildman–Crippen MR) is 118 cm³/mol. The molecule has 1 atom stereocenters. The normalized spacial score (nSPS) is 11.8. The van der Waals surface area contributed by atoms with Gasteiger partial charge in [0.25, 0.3) is 11.5 Å². The van der Waals surface area contributed by atoms with Crippen molar-refractivity contribution in [3.8, 4) is 0 Å². The molecule has 1 unspecified atom stereocenters. The minimum atomic E-state index is -0.480. The molecule has 2 amide bonds. The van der Waals surface area contributed by atoms with Gasteiger partial charge in [0, 0.05) is 18.0 Å². The topological polar surface area (TPSA) is 109 Å². The Hall–Kier alpha value is -4.27. The highest BCUT2D eigenvalue weighted by molar-refractivity contribution is 5.94. The van der Waals surface area contributed by atoms with E-state index in [0.717, 1.165) is 15.6 Å². The molecule has 4 aromatic rings. The number of para-hydroxylation sites is 2. The van der Waals surface area contributed by atoms with Gasteiger partial charge < -0.3 is 20.2 Å². The number of aromatic amines is 1. The summed E-state index contributed by atoms with van der Waals surface area (Å²) in [6.45, 7) is 1.50. The first-order valence-electron chi connectivity index (χ1n) is 9.90. The number of imidazole rings is 1. The number of carbonyl (C=O) groups excluding carboxylic acids is 2. The largest absolute Gasteiger partial charge is 0.342 e. The summed E-state index contributed by atoms with van der Waals surface area (Å²) in [6.07, 6.45) is 1.33. The number of hydrogen-bond acceptors (Lipinski definition) is 4. The van der Waals surface area contributed by atoms with E-state index in [1.165, 1.54) is 42.6 Å². The Morgan fingerprint density at radius 2 is 1.84 bits per heavy atom. The highest BCUT2D eigenvalue weighted by atomic mass is 19.1. The van der Waals surface area contributed by atoms with Gasteiger partial charge in [0.2, 0.25) is 5.91 Å². The van der Waals surface area contributed by atoms with Crippen molar-refractivity contribution in [2.45, 2.75) is 19.5 Å². The zero-order valence-electron chi connectivity index (χ0n) is 17.1. The third kappa shape index (κ3) is 4.72. The number of hydrogen-bond donors (Lipinski definition) is 3. The van der Waals surface area contributed by atoms with Crippen LogP contribution >= 0.6 is 0 Å². The van der Waals surface area contributed by atoms with Crippen LogP contribution in [0.15, 0.2) is 71.7 Å². The SMILES string of the molecule is CC(NC(=O)c1ccc(=O)n(CC(=O)Nc2ccc(F)cc2)c1)c1nc2ccccc2[nH]1. The van der Waals surface area contributed by atoms with Gasteiger partial charge in [0.1, 0.15) is 18.2 Å². The van der Waals surface area contributed by atoms with Crippen LogP contribution in [0, 0.1) is 5.82 Å². The molecule has 0 saturated heterocycles. The van der Waals surface area contributed by atoms with Gasteiger partial charge in [-0.25, -0.2) is 9.37 Å². The van der Waals surface area contributed by atoms with Gasteiger partial charge in [-0.05, 0) is 49.4 Å². The summed E-state index contributed by atoms with van der Waals surface area (Å²) in [5.41, 5.74) is 1.86. The molecule has 9 heteroatoms. The van der Waals surface area contributed by atoms with E-state index in [9.17, 15) is 18.8 Å². The van der Waals surface area contributed by atoms with E-state index in [4.69, 9.17) is 0 Å². The maximum atomic E-state index is 13.0. The Labute approximate surface area is 182 Å². The van der Waals surface area contributed by atoms with Crippen LogP contribution in [-0.2, 0) is 11.3 Å². The number of rotatable bonds is 6. The molecule has 0 fully saturated rings. The van der Waals surface area contributed by atoms with Crippen LogP contribution in [0.1, 0.15) is 29.1 Å². The summed E-state index contributed by atoms with van der Waals surface area (Å²) < 4.78 is 14.1. The van der Waals surface area contributed by atoms with Crippen molar-refractivity contribution in [1.29, 1.82) is 0 Å². The molecule has 32 heavy (non-hydrogen) atoms. The standard InChI is InChI=1S/C23H20FN5O3/c1-14(22-27-18-4-2-3-5-19(18)28-22)25-23(32)15-6-11-21(31)29(12-15)13-20(30)26-17-9-7-16(24)8-10-17/h2-12,14H,13H2,1H3,(H,25,32)(H,26,30)(H,27,28). The Balaban J connectivity index is 1.45. The summed E-state index contributed by atoms with van der Waals surface area (Å²) in [5.74, 6) is -0.709. The summed E-state index contributed by atoms with van der Waals surface area (Å²) in [4.78, 5) is 44.8. The zero-order chi connectivity index (χ0) is 22.7. The van der Waals surface area contributed by atoms with Crippen molar-refractivity contribution in [1.82, 2.24) is 19.9 Å². The molecule has 162 valence electrons. The summed E-state index contributed by atoms with van der Waals surface area (Å²) in [7, 11) is 0. The van der Waals surface area contributed by atoms with Crippen LogP contribution in [0.3, 0.4) is 0 Å². The number of amides is 2. The number of halogens is 1. The Morgan fingerprint density at radius 3 is 2.59 bits per heavy atom. The van der Waals surface area contributed by atoms with Crippen LogP contribution in [0.25, 0.3) is 11.0 Å². The van der Waals surface area contributed by atoms with Gasteiger partial charge in [0.15, 0.2) is 0 Å². The van der Waals surface area contributed by atoms with Crippen LogP contribution in [0.5, 0.6) is 0 Å². The number of benzene rings is 2. The van der Waals surface area contributed by atoms with Gasteiger partial charge in [-0.3, -0.25) is 14.4 Å². The molecule has 4 rings (SSSR count). The lowest BCUT2D eigenvalue weighted by molar-refractivity contribution is -0.116. The molecular weight excluding hydrogens is 413 g/mol. The zero-order valence-corrected chi connectivity index (χ0v) is 17.1. The van der Waals surface area contributed by atoms with E-state index in [-0.39, 0.29) is 12.1 Å². The van der Waals surface area contributed by atoms with Gasteiger partial charge in [-0.15, -0.1) is 0 Å². The molecule has 2 heterocycles. The van der Waals surface area contributed by atoms with E-state index in [0.29, 0.717) is 11.5 Å². The van der Waals surface area contributed by atoms with Crippen molar-refractivity contribution in [3.63, 3.8) is 0 Å². The second kappa shape index (κ2) is 8.84. The van der Waals surface area contributed by atoms with Crippen molar-refractivity contribution in [2.75, 3.05) is 5.32 Å². The van der Waals surface area contributed by atoms with Crippen LogP contribution in [0.4, 0.5) is 10.1 Å². The molecular formula is C23H20FN5O3. The molecule has 0 aliphatic heterocycles. The Kier molecular flexibility index (Phi) is 5.80. The van der Waals surface area contributed by atoms with E-state index in [1.54, 1.807) is 6.92 Å². The van der Waals surface area contributed by atoms with Crippen molar-refractivity contribution in [3.05, 3.63) is 94.4 Å². The van der Waals surface area contributed by atoms with Crippen LogP contribution in [0.2, 0.25) is 0 Å². The number of fused-ring (bicyclic) bond motifs is 1. The van der Waals surface area contributed by atoms with Gasteiger partial charge >= 0.3 is 0 Å². The predicted octanol–water partition coefficient (Wildman–Crippen LogP) is 2.99. The number of carbonyl (C=O) groups is 2. The minimum absolute atomic E-state index is 0.224. The number of aromatic nitrogens is 3. The molecule has 0 spiro atoms. The highest BCUT2D eigenvalue weighted by Gasteiger charge is 2.16. The first kappa shape index (κ1) is 21.0. The third-order valence-corrected chi connectivity index (χ3v) is 4.85. The Bertz CT molecular complexity index is 1310. The van der Waals surface area contributed by atoms with Gasteiger partial charge in [-0.2, -0.15) is 0 Å². The number of nitrogens with zero attached hydrogens (tertiary/aromatic N) is 2. The third-order valence-electron chi connectivity index (χ3n) is 4.85. The lowest BCUT2D eigenvalue weighted by atomic mass is 10.2. The van der Waals surface area contributed by atoms with Crippen LogP contribution in [-0.4, -0.2) is 26.3 Å². The quantitative estimate of drug-likeness (QED) is 0.434. The number of H-pyrrole nitrogens is 1. The first-order valence-corrected chi connectivity index (χ1v) is 9.90. The highest BCUT2D eigenvalue weighted by Crippen LogP contribution is 2.16. The molecule has 0 saturated carbocycles. The molecule has 8 nitrogen and oxygen atoms in total. The molecule has 3 N–H and O–H groups in total. The lowest BCUT2D eigenvalue weighted by Gasteiger charge is -2.13. The second-order valence-corrected chi connectivity index (χ2v) is 7.27. The average molecular weight is 433 g/mol. The molecule has 0 radical (unpaired) electrons. The fourth-order valence-corrected chi connectivity index (χ4v) is 3.20.